The van der Waals surface area contributed by atoms with E-state index in [1.165, 1.54) is 12.2 Å². The van der Waals surface area contributed by atoms with Crippen LogP contribution in [0.3, 0.4) is 0 Å². The molecule has 4 heteroatoms. The number of rotatable bonds is 1. The van der Waals surface area contributed by atoms with Gasteiger partial charge in [-0.25, -0.2) is 0 Å². The average Bonchev–Trinajstić information content (AvgIpc) is 2.41. The summed E-state index contributed by atoms with van der Waals surface area (Å²) >= 11 is 6.22. The summed E-state index contributed by atoms with van der Waals surface area (Å²) < 4.78 is 0. The van der Waals surface area contributed by atoms with Gasteiger partial charge in [0.1, 0.15) is 0 Å². The summed E-state index contributed by atoms with van der Waals surface area (Å²) in [5.74, 6) is 0. The van der Waals surface area contributed by atoms with Crippen molar-refractivity contribution in [1.82, 2.24) is 10.2 Å². The number of fused-ring (bicyclic) bond motifs is 1. The molecule has 1 unspecified atom stereocenters. The van der Waals surface area contributed by atoms with Gasteiger partial charge >= 0.3 is 0 Å². The van der Waals surface area contributed by atoms with E-state index in [4.69, 9.17) is 11.6 Å². The van der Waals surface area contributed by atoms with Crippen LogP contribution in [0.25, 0.3) is 0 Å². The summed E-state index contributed by atoms with van der Waals surface area (Å²) in [7, 11) is 0. The molecule has 1 N–H and O–H groups in total. The number of anilines is 1. The second kappa shape index (κ2) is 5.08. The molecule has 2 saturated heterocycles. The number of halogens is 1. The van der Waals surface area contributed by atoms with Gasteiger partial charge in [0.15, 0.2) is 0 Å². The average molecular weight is 266 g/mol. The summed E-state index contributed by atoms with van der Waals surface area (Å²) in [6.07, 6.45) is 0. The van der Waals surface area contributed by atoms with Crippen molar-refractivity contribution < 1.29 is 0 Å². The monoisotopic (exact) mass is 265 g/mol. The first-order chi connectivity index (χ1) is 8.74. The highest BCUT2D eigenvalue weighted by atomic mass is 35.5. The molecule has 2 fully saturated rings. The van der Waals surface area contributed by atoms with Gasteiger partial charge in [-0.15, -0.1) is 0 Å². The van der Waals surface area contributed by atoms with Crippen molar-refractivity contribution in [2.75, 3.05) is 44.2 Å². The van der Waals surface area contributed by atoms with E-state index < -0.39 is 0 Å². The molecule has 1 atom stereocenters. The first-order valence-electron chi connectivity index (χ1n) is 6.70. The molecule has 98 valence electrons. The zero-order valence-corrected chi connectivity index (χ0v) is 11.6. The van der Waals surface area contributed by atoms with Gasteiger partial charge < -0.3 is 10.2 Å². The minimum atomic E-state index is 0.646. The van der Waals surface area contributed by atoms with E-state index in [0.717, 1.165) is 43.3 Å². The fourth-order valence-electron chi connectivity index (χ4n) is 2.89. The first-order valence-corrected chi connectivity index (χ1v) is 7.08. The van der Waals surface area contributed by atoms with E-state index in [1.54, 1.807) is 0 Å². The van der Waals surface area contributed by atoms with Crippen LogP contribution in [0.2, 0.25) is 5.02 Å². The van der Waals surface area contributed by atoms with Crippen LogP contribution < -0.4 is 10.2 Å². The van der Waals surface area contributed by atoms with Crippen LogP contribution in [0, 0.1) is 6.92 Å². The van der Waals surface area contributed by atoms with E-state index in [9.17, 15) is 0 Å². The standard InChI is InChI=1S/C14H20ClN3/c1-11-2-3-12(8-14(11)15)18-7-6-17-5-4-16-9-13(17)10-18/h2-3,8,13,16H,4-7,9-10H2,1H3. The Morgan fingerprint density at radius 1 is 1.28 bits per heavy atom. The molecule has 2 aliphatic rings. The van der Waals surface area contributed by atoms with Crippen molar-refractivity contribution in [1.29, 1.82) is 0 Å². The molecule has 2 aliphatic heterocycles. The lowest BCUT2D eigenvalue weighted by Crippen LogP contribution is -2.61. The Kier molecular flexibility index (Phi) is 3.46. The molecule has 1 aromatic rings. The van der Waals surface area contributed by atoms with Crippen LogP contribution in [-0.2, 0) is 0 Å². The van der Waals surface area contributed by atoms with Gasteiger partial charge in [-0.2, -0.15) is 0 Å². The lowest BCUT2D eigenvalue weighted by atomic mass is 10.1. The fourth-order valence-corrected chi connectivity index (χ4v) is 3.06. The van der Waals surface area contributed by atoms with Gasteiger partial charge in [0.2, 0.25) is 0 Å². The third-order valence-corrected chi connectivity index (χ3v) is 4.49. The van der Waals surface area contributed by atoms with E-state index in [-0.39, 0.29) is 0 Å². The minimum Gasteiger partial charge on any atom is -0.369 e. The summed E-state index contributed by atoms with van der Waals surface area (Å²) in [4.78, 5) is 5.06. The van der Waals surface area contributed by atoms with Crippen molar-refractivity contribution in [2.45, 2.75) is 13.0 Å². The topological polar surface area (TPSA) is 18.5 Å². The van der Waals surface area contributed by atoms with E-state index in [0.29, 0.717) is 6.04 Å². The van der Waals surface area contributed by atoms with E-state index >= 15 is 0 Å². The minimum absolute atomic E-state index is 0.646. The van der Waals surface area contributed by atoms with Crippen LogP contribution >= 0.6 is 11.6 Å². The summed E-state index contributed by atoms with van der Waals surface area (Å²) in [6.45, 7) is 8.85. The third-order valence-electron chi connectivity index (χ3n) is 4.08. The van der Waals surface area contributed by atoms with Crippen LogP contribution in [0.1, 0.15) is 5.56 Å². The Balaban J connectivity index is 1.75. The van der Waals surface area contributed by atoms with Gasteiger partial charge in [0.05, 0.1) is 0 Å². The first kappa shape index (κ1) is 12.3. The Morgan fingerprint density at radius 3 is 3.00 bits per heavy atom. The van der Waals surface area contributed by atoms with E-state index in [1.807, 2.05) is 0 Å². The highest BCUT2D eigenvalue weighted by molar-refractivity contribution is 6.31. The van der Waals surface area contributed by atoms with Crippen LogP contribution in [0.5, 0.6) is 0 Å². The summed E-state index contributed by atoms with van der Waals surface area (Å²) in [5.41, 5.74) is 2.41. The Labute approximate surface area is 114 Å². The second-order valence-electron chi connectivity index (χ2n) is 5.27. The molecule has 0 amide bonds. The molecular formula is C14H20ClN3. The number of nitrogens with one attached hydrogen (secondary N) is 1. The molecule has 0 spiro atoms. The zero-order chi connectivity index (χ0) is 12.5. The zero-order valence-electron chi connectivity index (χ0n) is 10.8. The Bertz CT molecular complexity index is 435. The highest BCUT2D eigenvalue weighted by Gasteiger charge is 2.28. The van der Waals surface area contributed by atoms with Crippen LogP contribution in [0.4, 0.5) is 5.69 Å². The van der Waals surface area contributed by atoms with Gasteiger partial charge in [0.25, 0.3) is 0 Å². The third kappa shape index (κ3) is 2.35. The van der Waals surface area contributed by atoms with Crippen molar-refractivity contribution in [2.24, 2.45) is 0 Å². The maximum absolute atomic E-state index is 6.22. The molecule has 3 rings (SSSR count). The van der Waals surface area contributed by atoms with Crippen molar-refractivity contribution in [3.63, 3.8) is 0 Å². The Hall–Kier alpha value is -0.770. The highest BCUT2D eigenvalue weighted by Crippen LogP contribution is 2.25. The molecule has 0 bridgehead atoms. The molecule has 0 saturated carbocycles. The number of hydrogen-bond donors (Lipinski definition) is 1. The molecule has 18 heavy (non-hydrogen) atoms. The maximum atomic E-state index is 6.22. The normalized spacial score (nSPS) is 25.0. The summed E-state index contributed by atoms with van der Waals surface area (Å²) in [5, 5.41) is 4.35. The number of nitrogens with zero attached hydrogens (tertiary/aromatic N) is 2. The lowest BCUT2D eigenvalue weighted by molar-refractivity contribution is 0.146. The molecular weight excluding hydrogens is 246 g/mol. The van der Waals surface area contributed by atoms with Gasteiger partial charge in [-0.05, 0) is 24.6 Å². The van der Waals surface area contributed by atoms with Crippen molar-refractivity contribution in [3.05, 3.63) is 28.8 Å². The second-order valence-corrected chi connectivity index (χ2v) is 5.68. The lowest BCUT2D eigenvalue weighted by Gasteiger charge is -2.45. The number of hydrogen-bond acceptors (Lipinski definition) is 3. The van der Waals surface area contributed by atoms with Crippen LogP contribution in [-0.4, -0.2) is 50.2 Å². The molecule has 0 aliphatic carbocycles. The predicted octanol–water partition coefficient (Wildman–Crippen LogP) is 1.74. The predicted molar refractivity (Wildman–Crippen MR) is 76.6 cm³/mol. The van der Waals surface area contributed by atoms with Gasteiger partial charge in [-0.3, -0.25) is 4.90 Å². The molecule has 3 nitrogen and oxygen atoms in total. The van der Waals surface area contributed by atoms with Crippen molar-refractivity contribution in [3.8, 4) is 0 Å². The number of benzene rings is 1. The molecule has 0 aromatic heterocycles. The Morgan fingerprint density at radius 2 is 2.17 bits per heavy atom. The van der Waals surface area contributed by atoms with E-state index in [2.05, 4.69) is 40.2 Å². The van der Waals surface area contributed by atoms with Crippen LogP contribution in [0.15, 0.2) is 18.2 Å². The fraction of sp³-hybridized carbons (Fsp3) is 0.571. The molecule has 1 aromatic carbocycles. The summed E-state index contributed by atoms with van der Waals surface area (Å²) in [6, 6.07) is 7.05. The van der Waals surface area contributed by atoms with Gasteiger partial charge in [0, 0.05) is 56.0 Å². The number of piperazine rings is 2. The maximum Gasteiger partial charge on any atom is 0.0455 e. The largest absolute Gasteiger partial charge is 0.369 e. The number of aryl methyl sites for hydroxylation is 1. The SMILES string of the molecule is Cc1ccc(N2CCN3CCNCC3C2)cc1Cl. The van der Waals surface area contributed by atoms with Crippen molar-refractivity contribution >= 4 is 17.3 Å². The molecule has 2 heterocycles. The molecule has 0 radical (unpaired) electrons. The smallest absolute Gasteiger partial charge is 0.0455 e. The quantitative estimate of drug-likeness (QED) is 0.835. The van der Waals surface area contributed by atoms with Gasteiger partial charge in [-0.1, -0.05) is 17.7 Å².